The zero-order valence-corrected chi connectivity index (χ0v) is 19.8. The van der Waals surface area contributed by atoms with Crippen LogP contribution in [0, 0.1) is 13.8 Å². The second-order valence-corrected chi connectivity index (χ2v) is 8.92. The molecule has 0 unspecified atom stereocenters. The van der Waals surface area contributed by atoms with Gasteiger partial charge in [-0.05, 0) is 79.6 Å². The van der Waals surface area contributed by atoms with Crippen LogP contribution in [0.5, 0.6) is 5.75 Å². The Bertz CT molecular complexity index is 1540. The average Bonchev–Trinajstić information content (AvgIpc) is 3.05. The largest absolute Gasteiger partial charge is 0.487 e. The Morgan fingerprint density at radius 2 is 1.37 bits per heavy atom. The van der Waals surface area contributed by atoms with Crippen LogP contribution in [-0.4, -0.2) is 9.97 Å². The predicted molar refractivity (Wildman–Crippen MR) is 141 cm³/mol. The standard InChI is InChI=1S/C31H25N3O/c1-21-12-14-32-27(16-21)23-6-5-7-26(18-23)34-29-8-3-4-9-31(29)35-20-25-11-10-24(19-30(25)34)28-17-22(2)13-15-33-28/h3-19H,20H2,1-2H3. The number of nitrogens with zero attached hydrogens (tertiary/aromatic N) is 3. The Labute approximate surface area is 205 Å². The highest BCUT2D eigenvalue weighted by Crippen LogP contribution is 2.45. The van der Waals surface area contributed by atoms with Crippen LogP contribution in [0.25, 0.3) is 22.5 Å². The number of fused-ring (bicyclic) bond motifs is 2. The van der Waals surface area contributed by atoms with Gasteiger partial charge in [0.25, 0.3) is 0 Å². The summed E-state index contributed by atoms with van der Waals surface area (Å²) in [6.07, 6.45) is 3.73. The minimum Gasteiger partial charge on any atom is -0.487 e. The molecule has 1 aliphatic heterocycles. The SMILES string of the molecule is Cc1ccnc(-c2cccc(N3c4cc(-c5cc(C)ccn5)ccc4COc4ccccc43)c2)c1. The summed E-state index contributed by atoms with van der Waals surface area (Å²) in [5, 5.41) is 0. The van der Waals surface area contributed by atoms with E-state index in [1.165, 1.54) is 11.1 Å². The molecule has 0 N–H and O–H groups in total. The lowest BCUT2D eigenvalue weighted by Gasteiger charge is -2.27. The van der Waals surface area contributed by atoms with Gasteiger partial charge >= 0.3 is 0 Å². The second-order valence-electron chi connectivity index (χ2n) is 8.92. The first kappa shape index (κ1) is 21.1. The molecule has 0 bridgehead atoms. The van der Waals surface area contributed by atoms with Gasteiger partial charge in [0, 0.05) is 34.8 Å². The number of benzene rings is 3. The number of hydrogen-bond donors (Lipinski definition) is 0. The lowest BCUT2D eigenvalue weighted by Crippen LogP contribution is -2.11. The van der Waals surface area contributed by atoms with E-state index >= 15 is 0 Å². The van der Waals surface area contributed by atoms with E-state index in [1.54, 1.807) is 0 Å². The molecule has 0 fully saturated rings. The molecule has 1 aliphatic rings. The van der Waals surface area contributed by atoms with Crippen molar-refractivity contribution in [3.8, 4) is 28.3 Å². The Kier molecular flexibility index (Phi) is 5.27. The maximum Gasteiger partial charge on any atom is 0.143 e. The number of pyridine rings is 2. The first-order valence-corrected chi connectivity index (χ1v) is 11.8. The van der Waals surface area contributed by atoms with Crippen LogP contribution >= 0.6 is 0 Å². The molecular weight excluding hydrogens is 430 g/mol. The van der Waals surface area contributed by atoms with Gasteiger partial charge in [-0.15, -0.1) is 0 Å². The monoisotopic (exact) mass is 455 g/mol. The van der Waals surface area contributed by atoms with Crippen LogP contribution in [0.1, 0.15) is 16.7 Å². The fourth-order valence-electron chi connectivity index (χ4n) is 4.57. The van der Waals surface area contributed by atoms with E-state index in [0.29, 0.717) is 6.61 Å². The van der Waals surface area contributed by atoms with Crippen molar-refractivity contribution in [1.29, 1.82) is 0 Å². The van der Waals surface area contributed by atoms with E-state index in [0.717, 1.165) is 50.9 Å². The number of anilines is 3. The summed E-state index contributed by atoms with van der Waals surface area (Å²) >= 11 is 0. The fraction of sp³-hybridized carbons (Fsp3) is 0.0968. The predicted octanol–water partition coefficient (Wildman–Crippen LogP) is 7.79. The van der Waals surface area contributed by atoms with Gasteiger partial charge in [-0.25, -0.2) is 0 Å². The molecule has 0 aliphatic carbocycles. The number of hydrogen-bond acceptors (Lipinski definition) is 4. The number of rotatable bonds is 3. The van der Waals surface area contributed by atoms with Gasteiger partial charge in [0.05, 0.1) is 22.8 Å². The minimum absolute atomic E-state index is 0.503. The molecule has 2 aromatic heterocycles. The van der Waals surface area contributed by atoms with Gasteiger partial charge in [0.2, 0.25) is 0 Å². The molecule has 170 valence electrons. The molecule has 0 amide bonds. The normalized spacial score (nSPS) is 12.3. The molecular formula is C31H25N3O. The summed E-state index contributed by atoms with van der Waals surface area (Å²) < 4.78 is 6.25. The van der Waals surface area contributed by atoms with Gasteiger partial charge in [-0.2, -0.15) is 0 Å². The lowest BCUT2D eigenvalue weighted by molar-refractivity contribution is 0.310. The molecule has 0 saturated carbocycles. The van der Waals surface area contributed by atoms with Crippen molar-refractivity contribution in [2.24, 2.45) is 0 Å². The number of aromatic nitrogens is 2. The molecule has 0 saturated heterocycles. The van der Waals surface area contributed by atoms with Gasteiger partial charge in [-0.1, -0.05) is 36.4 Å². The molecule has 0 radical (unpaired) electrons. The van der Waals surface area contributed by atoms with Crippen molar-refractivity contribution in [1.82, 2.24) is 9.97 Å². The first-order chi connectivity index (χ1) is 17.2. The summed E-state index contributed by atoms with van der Waals surface area (Å²) in [7, 11) is 0. The molecule has 0 spiro atoms. The van der Waals surface area contributed by atoms with E-state index in [2.05, 4.69) is 95.4 Å². The number of aryl methyl sites for hydroxylation is 2. The van der Waals surface area contributed by atoms with E-state index in [1.807, 2.05) is 36.7 Å². The van der Waals surface area contributed by atoms with Crippen LogP contribution in [0.15, 0.2) is 103 Å². The molecule has 4 heteroatoms. The topological polar surface area (TPSA) is 38.2 Å². The summed E-state index contributed by atoms with van der Waals surface area (Å²) in [5.74, 6) is 0.859. The molecule has 5 aromatic rings. The maximum absolute atomic E-state index is 6.25. The van der Waals surface area contributed by atoms with Gasteiger partial charge in [0.15, 0.2) is 0 Å². The highest BCUT2D eigenvalue weighted by Gasteiger charge is 2.24. The maximum atomic E-state index is 6.25. The van der Waals surface area contributed by atoms with Gasteiger partial charge < -0.3 is 9.64 Å². The number of ether oxygens (including phenoxy) is 1. The molecule has 6 rings (SSSR count). The van der Waals surface area contributed by atoms with Gasteiger partial charge in [-0.3, -0.25) is 9.97 Å². The van der Waals surface area contributed by atoms with E-state index < -0.39 is 0 Å². The van der Waals surface area contributed by atoms with Crippen molar-refractivity contribution in [2.45, 2.75) is 20.5 Å². The lowest BCUT2D eigenvalue weighted by atomic mass is 10.0. The van der Waals surface area contributed by atoms with Crippen molar-refractivity contribution in [3.05, 3.63) is 120 Å². The Balaban J connectivity index is 1.55. The third-order valence-corrected chi connectivity index (χ3v) is 6.34. The van der Waals surface area contributed by atoms with Crippen molar-refractivity contribution >= 4 is 17.1 Å². The van der Waals surface area contributed by atoms with Crippen molar-refractivity contribution < 1.29 is 4.74 Å². The van der Waals surface area contributed by atoms with Gasteiger partial charge in [0.1, 0.15) is 12.4 Å². The second kappa shape index (κ2) is 8.73. The quantitative estimate of drug-likeness (QED) is 0.278. The van der Waals surface area contributed by atoms with Crippen LogP contribution in [0.2, 0.25) is 0 Å². The van der Waals surface area contributed by atoms with E-state index in [9.17, 15) is 0 Å². The minimum atomic E-state index is 0.503. The van der Waals surface area contributed by atoms with Crippen molar-refractivity contribution in [3.63, 3.8) is 0 Å². The fourth-order valence-corrected chi connectivity index (χ4v) is 4.57. The average molecular weight is 456 g/mol. The third-order valence-electron chi connectivity index (χ3n) is 6.34. The molecule has 35 heavy (non-hydrogen) atoms. The smallest absolute Gasteiger partial charge is 0.143 e. The van der Waals surface area contributed by atoms with Crippen molar-refractivity contribution in [2.75, 3.05) is 4.90 Å². The Morgan fingerprint density at radius 3 is 2.11 bits per heavy atom. The Morgan fingerprint density at radius 1 is 0.657 bits per heavy atom. The molecule has 3 heterocycles. The third kappa shape index (κ3) is 4.04. The number of para-hydroxylation sites is 2. The summed E-state index contributed by atoms with van der Waals surface area (Å²) in [6.45, 7) is 4.69. The molecule has 0 atom stereocenters. The van der Waals surface area contributed by atoms with E-state index in [-0.39, 0.29) is 0 Å². The van der Waals surface area contributed by atoms with Crippen LogP contribution in [-0.2, 0) is 6.61 Å². The first-order valence-electron chi connectivity index (χ1n) is 11.8. The zero-order valence-electron chi connectivity index (χ0n) is 19.8. The summed E-state index contributed by atoms with van der Waals surface area (Å²) in [4.78, 5) is 11.5. The summed E-state index contributed by atoms with van der Waals surface area (Å²) in [6, 6.07) is 31.5. The highest BCUT2D eigenvalue weighted by molar-refractivity contribution is 5.86. The van der Waals surface area contributed by atoms with Crippen LogP contribution in [0.3, 0.4) is 0 Å². The van der Waals surface area contributed by atoms with Crippen LogP contribution < -0.4 is 9.64 Å². The van der Waals surface area contributed by atoms with E-state index in [4.69, 9.17) is 4.74 Å². The van der Waals surface area contributed by atoms with Crippen LogP contribution in [0.4, 0.5) is 17.1 Å². The zero-order chi connectivity index (χ0) is 23.8. The highest BCUT2D eigenvalue weighted by atomic mass is 16.5. The molecule has 3 aromatic carbocycles. The Hall–Kier alpha value is -4.44. The summed E-state index contributed by atoms with van der Waals surface area (Å²) in [5.41, 5.74) is 10.7. The molecule has 4 nitrogen and oxygen atoms in total.